The molecule has 0 aliphatic rings. The van der Waals surface area contributed by atoms with E-state index in [1.807, 2.05) is 26.0 Å². The Morgan fingerprint density at radius 3 is 2.50 bits per heavy atom. The molecular formula is C14H19N3O2S. The lowest BCUT2D eigenvalue weighted by Gasteiger charge is -2.09. The van der Waals surface area contributed by atoms with Gasteiger partial charge in [0.1, 0.15) is 0 Å². The van der Waals surface area contributed by atoms with Crippen LogP contribution in [0.15, 0.2) is 35.2 Å². The molecule has 0 fully saturated rings. The highest BCUT2D eigenvalue weighted by atomic mass is 32.2. The summed E-state index contributed by atoms with van der Waals surface area (Å²) >= 11 is 0. The van der Waals surface area contributed by atoms with Gasteiger partial charge in [0.15, 0.2) is 0 Å². The van der Waals surface area contributed by atoms with E-state index in [9.17, 15) is 8.42 Å². The highest BCUT2D eigenvalue weighted by Crippen LogP contribution is 2.13. The number of hydrogen-bond acceptors (Lipinski definition) is 3. The van der Waals surface area contributed by atoms with Gasteiger partial charge in [-0.3, -0.25) is 4.68 Å². The van der Waals surface area contributed by atoms with Crippen LogP contribution in [0.25, 0.3) is 0 Å². The zero-order valence-corrected chi connectivity index (χ0v) is 12.7. The predicted molar refractivity (Wildman–Crippen MR) is 78.1 cm³/mol. The standard InChI is InChI=1S/C14H19N3O2S/c1-11-6-4-5-7-14(11)20(18,19)15-8-9-17-13(3)10-12(2)16-17/h4-7,10,15H,8-9H2,1-3H3. The maximum Gasteiger partial charge on any atom is 0.240 e. The number of aryl methyl sites for hydroxylation is 3. The van der Waals surface area contributed by atoms with Crippen molar-refractivity contribution >= 4 is 10.0 Å². The summed E-state index contributed by atoms with van der Waals surface area (Å²) in [7, 11) is -3.46. The van der Waals surface area contributed by atoms with E-state index in [1.54, 1.807) is 29.8 Å². The van der Waals surface area contributed by atoms with E-state index >= 15 is 0 Å². The molecule has 0 saturated carbocycles. The Morgan fingerprint density at radius 2 is 1.90 bits per heavy atom. The number of nitrogens with zero attached hydrogens (tertiary/aromatic N) is 2. The monoisotopic (exact) mass is 293 g/mol. The number of sulfonamides is 1. The molecule has 2 aromatic rings. The van der Waals surface area contributed by atoms with E-state index in [2.05, 4.69) is 9.82 Å². The van der Waals surface area contributed by atoms with Crippen molar-refractivity contribution in [2.75, 3.05) is 6.54 Å². The Balaban J connectivity index is 2.04. The summed E-state index contributed by atoms with van der Waals surface area (Å²) in [6.07, 6.45) is 0. The first-order valence-electron chi connectivity index (χ1n) is 6.46. The molecule has 1 N–H and O–H groups in total. The van der Waals surface area contributed by atoms with Gasteiger partial charge in [-0.05, 0) is 38.5 Å². The van der Waals surface area contributed by atoms with E-state index in [-0.39, 0.29) is 0 Å². The molecule has 2 rings (SSSR count). The molecule has 0 radical (unpaired) electrons. The summed E-state index contributed by atoms with van der Waals surface area (Å²) in [5.41, 5.74) is 2.70. The Kier molecular flexibility index (Phi) is 4.25. The number of nitrogens with one attached hydrogen (secondary N) is 1. The van der Waals surface area contributed by atoms with E-state index in [0.29, 0.717) is 18.0 Å². The van der Waals surface area contributed by atoms with Crippen molar-refractivity contribution in [2.45, 2.75) is 32.2 Å². The molecule has 0 aliphatic carbocycles. The lowest BCUT2D eigenvalue weighted by atomic mass is 10.2. The fraction of sp³-hybridized carbons (Fsp3) is 0.357. The molecule has 1 heterocycles. The minimum absolute atomic E-state index is 0.318. The predicted octanol–water partition coefficient (Wildman–Crippen LogP) is 1.79. The second-order valence-electron chi connectivity index (χ2n) is 4.81. The van der Waals surface area contributed by atoms with Crippen LogP contribution >= 0.6 is 0 Å². The summed E-state index contributed by atoms with van der Waals surface area (Å²) in [6, 6.07) is 8.92. The van der Waals surface area contributed by atoms with Gasteiger partial charge < -0.3 is 0 Å². The third-order valence-electron chi connectivity index (χ3n) is 3.10. The molecule has 0 bridgehead atoms. The molecule has 1 aromatic carbocycles. The minimum Gasteiger partial charge on any atom is -0.268 e. The Hall–Kier alpha value is -1.66. The quantitative estimate of drug-likeness (QED) is 0.914. The lowest BCUT2D eigenvalue weighted by Crippen LogP contribution is -2.28. The SMILES string of the molecule is Cc1cc(C)n(CCNS(=O)(=O)c2ccccc2C)n1. The van der Waals surface area contributed by atoms with Crippen LogP contribution in [-0.2, 0) is 16.6 Å². The average Bonchev–Trinajstić information content (AvgIpc) is 2.68. The van der Waals surface area contributed by atoms with Crippen molar-refractivity contribution in [3.05, 3.63) is 47.3 Å². The van der Waals surface area contributed by atoms with Gasteiger partial charge in [-0.25, -0.2) is 13.1 Å². The largest absolute Gasteiger partial charge is 0.268 e. The molecule has 0 amide bonds. The van der Waals surface area contributed by atoms with Gasteiger partial charge in [0.25, 0.3) is 0 Å². The minimum atomic E-state index is -3.46. The summed E-state index contributed by atoms with van der Waals surface area (Å²) < 4.78 is 28.8. The molecule has 0 aliphatic heterocycles. The third kappa shape index (κ3) is 3.26. The van der Waals surface area contributed by atoms with Crippen molar-refractivity contribution < 1.29 is 8.42 Å². The van der Waals surface area contributed by atoms with Crippen molar-refractivity contribution in [1.82, 2.24) is 14.5 Å². The van der Waals surface area contributed by atoms with E-state index in [4.69, 9.17) is 0 Å². The maximum atomic E-state index is 12.2. The van der Waals surface area contributed by atoms with Crippen LogP contribution in [0.2, 0.25) is 0 Å². The molecule has 1 aromatic heterocycles. The molecular weight excluding hydrogens is 274 g/mol. The normalized spacial score (nSPS) is 11.8. The van der Waals surface area contributed by atoms with Gasteiger partial charge in [-0.2, -0.15) is 5.10 Å². The second-order valence-corrected chi connectivity index (χ2v) is 6.55. The van der Waals surface area contributed by atoms with E-state index < -0.39 is 10.0 Å². The summed E-state index contributed by atoms with van der Waals surface area (Å²) in [5, 5.41) is 4.30. The molecule has 20 heavy (non-hydrogen) atoms. The number of aromatic nitrogens is 2. The van der Waals surface area contributed by atoms with Crippen molar-refractivity contribution in [3.8, 4) is 0 Å². The summed E-state index contributed by atoms with van der Waals surface area (Å²) in [4.78, 5) is 0.327. The fourth-order valence-electron chi connectivity index (χ4n) is 2.12. The zero-order chi connectivity index (χ0) is 14.8. The van der Waals surface area contributed by atoms with Gasteiger partial charge >= 0.3 is 0 Å². The summed E-state index contributed by atoms with van der Waals surface area (Å²) in [6.45, 7) is 6.50. The van der Waals surface area contributed by atoms with Gasteiger partial charge in [0.05, 0.1) is 17.1 Å². The van der Waals surface area contributed by atoms with Crippen LogP contribution in [-0.4, -0.2) is 24.7 Å². The number of hydrogen-bond donors (Lipinski definition) is 1. The van der Waals surface area contributed by atoms with Gasteiger partial charge in [-0.1, -0.05) is 18.2 Å². The molecule has 6 heteroatoms. The smallest absolute Gasteiger partial charge is 0.240 e. The first kappa shape index (κ1) is 14.7. The molecule has 0 spiro atoms. The first-order chi connectivity index (χ1) is 9.40. The molecule has 5 nitrogen and oxygen atoms in total. The van der Waals surface area contributed by atoms with E-state index in [0.717, 1.165) is 17.0 Å². The summed E-state index contributed by atoms with van der Waals surface area (Å²) in [5.74, 6) is 0. The fourth-order valence-corrected chi connectivity index (χ4v) is 3.39. The van der Waals surface area contributed by atoms with Crippen LogP contribution in [0.4, 0.5) is 0 Å². The average molecular weight is 293 g/mol. The topological polar surface area (TPSA) is 64.0 Å². The Bertz CT molecular complexity index is 705. The van der Waals surface area contributed by atoms with E-state index in [1.165, 1.54) is 0 Å². The van der Waals surface area contributed by atoms with Gasteiger partial charge in [-0.15, -0.1) is 0 Å². The molecule has 0 saturated heterocycles. The maximum absolute atomic E-state index is 12.2. The molecule has 0 unspecified atom stereocenters. The van der Waals surface area contributed by atoms with Gasteiger partial charge in [0, 0.05) is 12.2 Å². The number of rotatable bonds is 5. The lowest BCUT2D eigenvalue weighted by molar-refractivity contribution is 0.554. The molecule has 0 atom stereocenters. The number of benzene rings is 1. The highest BCUT2D eigenvalue weighted by molar-refractivity contribution is 7.89. The van der Waals surface area contributed by atoms with Gasteiger partial charge in [0.2, 0.25) is 10.0 Å². The van der Waals surface area contributed by atoms with Crippen molar-refractivity contribution in [2.24, 2.45) is 0 Å². The van der Waals surface area contributed by atoms with Crippen LogP contribution in [0.5, 0.6) is 0 Å². The Labute approximate surface area is 119 Å². The van der Waals surface area contributed by atoms with Crippen molar-refractivity contribution in [3.63, 3.8) is 0 Å². The van der Waals surface area contributed by atoms with Crippen LogP contribution < -0.4 is 4.72 Å². The van der Waals surface area contributed by atoms with Crippen LogP contribution in [0.1, 0.15) is 17.0 Å². The first-order valence-corrected chi connectivity index (χ1v) is 7.95. The van der Waals surface area contributed by atoms with Crippen molar-refractivity contribution in [1.29, 1.82) is 0 Å². The zero-order valence-electron chi connectivity index (χ0n) is 11.9. The Morgan fingerprint density at radius 1 is 1.20 bits per heavy atom. The third-order valence-corrected chi connectivity index (χ3v) is 4.72. The van der Waals surface area contributed by atoms with Crippen LogP contribution in [0.3, 0.4) is 0 Å². The van der Waals surface area contributed by atoms with Crippen LogP contribution in [0, 0.1) is 20.8 Å². The molecule has 108 valence electrons. The highest BCUT2D eigenvalue weighted by Gasteiger charge is 2.15. The second kappa shape index (κ2) is 5.76.